The largest absolute Gasteiger partial charge is 0.393 e. The molecule has 0 saturated heterocycles. The number of nitrogens with two attached hydrogens (primary N) is 1. The molecule has 94 valence electrons. The SMILES string of the molecule is NNc1ncc(F)c(NC2CCC(O)CC2)n1. The molecule has 5 N–H and O–H groups in total. The van der Waals surface area contributed by atoms with Crippen LogP contribution in [-0.4, -0.2) is 27.2 Å². The fourth-order valence-corrected chi connectivity index (χ4v) is 1.95. The number of anilines is 2. The molecule has 0 spiro atoms. The molecule has 0 bridgehead atoms. The van der Waals surface area contributed by atoms with E-state index in [-0.39, 0.29) is 23.9 Å². The van der Waals surface area contributed by atoms with Crippen molar-refractivity contribution in [1.29, 1.82) is 0 Å². The Kier molecular flexibility index (Phi) is 3.70. The molecule has 0 atom stereocenters. The number of hydrazine groups is 1. The second-order valence-electron chi connectivity index (χ2n) is 4.18. The predicted octanol–water partition coefficient (Wildman–Crippen LogP) is 0.617. The van der Waals surface area contributed by atoms with Crippen molar-refractivity contribution in [1.82, 2.24) is 9.97 Å². The first kappa shape index (κ1) is 12.0. The lowest BCUT2D eigenvalue weighted by molar-refractivity contribution is 0.126. The van der Waals surface area contributed by atoms with Crippen LogP contribution in [0, 0.1) is 5.82 Å². The van der Waals surface area contributed by atoms with E-state index in [9.17, 15) is 9.50 Å². The van der Waals surface area contributed by atoms with E-state index in [2.05, 4.69) is 20.7 Å². The average molecular weight is 241 g/mol. The quantitative estimate of drug-likeness (QED) is 0.457. The molecule has 1 aliphatic rings. The number of nitrogens with one attached hydrogen (secondary N) is 2. The van der Waals surface area contributed by atoms with Crippen molar-refractivity contribution < 1.29 is 9.50 Å². The third-order valence-corrected chi connectivity index (χ3v) is 2.91. The summed E-state index contributed by atoms with van der Waals surface area (Å²) in [5.41, 5.74) is 2.27. The van der Waals surface area contributed by atoms with Gasteiger partial charge in [-0.1, -0.05) is 0 Å². The lowest BCUT2D eigenvalue weighted by Crippen LogP contribution is -2.29. The van der Waals surface area contributed by atoms with E-state index in [0.29, 0.717) is 0 Å². The van der Waals surface area contributed by atoms with Crippen LogP contribution in [0.15, 0.2) is 6.20 Å². The maximum Gasteiger partial charge on any atom is 0.239 e. The molecule has 1 aromatic heterocycles. The molecule has 1 aliphatic carbocycles. The van der Waals surface area contributed by atoms with Crippen LogP contribution in [0.5, 0.6) is 0 Å². The maximum atomic E-state index is 13.4. The summed E-state index contributed by atoms with van der Waals surface area (Å²) in [5, 5.41) is 12.4. The first-order valence-corrected chi connectivity index (χ1v) is 5.63. The van der Waals surface area contributed by atoms with Gasteiger partial charge < -0.3 is 10.4 Å². The number of aromatic nitrogens is 2. The van der Waals surface area contributed by atoms with Crippen molar-refractivity contribution in [2.45, 2.75) is 37.8 Å². The third-order valence-electron chi connectivity index (χ3n) is 2.91. The number of nitrogen functional groups attached to an aromatic ring is 1. The minimum Gasteiger partial charge on any atom is -0.393 e. The molecule has 1 aromatic rings. The highest BCUT2D eigenvalue weighted by Crippen LogP contribution is 2.22. The summed E-state index contributed by atoms with van der Waals surface area (Å²) in [6, 6.07) is 0.133. The van der Waals surface area contributed by atoms with Gasteiger partial charge in [-0.25, -0.2) is 15.2 Å². The Balaban J connectivity index is 2.02. The lowest BCUT2D eigenvalue weighted by atomic mass is 9.93. The molecular weight excluding hydrogens is 225 g/mol. The van der Waals surface area contributed by atoms with Gasteiger partial charge in [0.15, 0.2) is 11.6 Å². The third kappa shape index (κ3) is 3.01. The van der Waals surface area contributed by atoms with Crippen LogP contribution in [0.25, 0.3) is 0 Å². The highest BCUT2D eigenvalue weighted by molar-refractivity contribution is 5.41. The smallest absolute Gasteiger partial charge is 0.239 e. The molecule has 0 aliphatic heterocycles. The Labute approximate surface area is 98.4 Å². The number of hydrogen-bond donors (Lipinski definition) is 4. The Morgan fingerprint density at radius 3 is 2.71 bits per heavy atom. The minimum absolute atomic E-state index is 0.133. The molecule has 2 rings (SSSR count). The number of aliphatic hydroxyl groups excluding tert-OH is 1. The molecular formula is C10H16FN5O. The molecule has 0 unspecified atom stereocenters. The van der Waals surface area contributed by atoms with Crippen LogP contribution in [-0.2, 0) is 0 Å². The zero-order valence-corrected chi connectivity index (χ0v) is 9.36. The summed E-state index contributed by atoms with van der Waals surface area (Å²) in [6.07, 6.45) is 3.90. The lowest BCUT2D eigenvalue weighted by Gasteiger charge is -2.26. The monoisotopic (exact) mass is 241 g/mol. The van der Waals surface area contributed by atoms with Crippen LogP contribution < -0.4 is 16.6 Å². The van der Waals surface area contributed by atoms with Gasteiger partial charge in [-0.05, 0) is 25.7 Å². The van der Waals surface area contributed by atoms with Crippen molar-refractivity contribution in [2.24, 2.45) is 5.84 Å². The first-order valence-electron chi connectivity index (χ1n) is 5.63. The summed E-state index contributed by atoms with van der Waals surface area (Å²) >= 11 is 0. The Bertz CT molecular complexity index is 381. The molecule has 17 heavy (non-hydrogen) atoms. The van der Waals surface area contributed by atoms with Gasteiger partial charge >= 0.3 is 0 Å². The first-order chi connectivity index (χ1) is 8.19. The molecule has 0 radical (unpaired) electrons. The summed E-state index contributed by atoms with van der Waals surface area (Å²) in [5.74, 6) is 4.98. The number of hydrogen-bond acceptors (Lipinski definition) is 6. The van der Waals surface area contributed by atoms with Gasteiger partial charge in [0, 0.05) is 6.04 Å². The van der Waals surface area contributed by atoms with Crippen LogP contribution >= 0.6 is 0 Å². The normalized spacial score (nSPS) is 24.4. The fourth-order valence-electron chi connectivity index (χ4n) is 1.95. The number of halogens is 1. The zero-order valence-electron chi connectivity index (χ0n) is 9.36. The van der Waals surface area contributed by atoms with E-state index in [0.717, 1.165) is 31.9 Å². The minimum atomic E-state index is -0.505. The summed E-state index contributed by atoms with van der Waals surface area (Å²) in [6.45, 7) is 0. The number of nitrogens with zero attached hydrogens (tertiary/aromatic N) is 2. The van der Waals surface area contributed by atoms with Gasteiger partial charge in [0.05, 0.1) is 12.3 Å². The van der Waals surface area contributed by atoms with Crippen LogP contribution in [0.1, 0.15) is 25.7 Å². The van der Waals surface area contributed by atoms with E-state index in [1.807, 2.05) is 0 Å². The van der Waals surface area contributed by atoms with Gasteiger partial charge in [0.1, 0.15) is 0 Å². The molecule has 6 nitrogen and oxygen atoms in total. The molecule has 7 heteroatoms. The number of aliphatic hydroxyl groups is 1. The molecule has 1 saturated carbocycles. The highest BCUT2D eigenvalue weighted by Gasteiger charge is 2.20. The average Bonchev–Trinajstić information content (AvgIpc) is 2.35. The molecule has 1 heterocycles. The Morgan fingerprint density at radius 1 is 1.35 bits per heavy atom. The zero-order chi connectivity index (χ0) is 12.3. The van der Waals surface area contributed by atoms with E-state index < -0.39 is 5.82 Å². The van der Waals surface area contributed by atoms with Gasteiger partial charge in [-0.3, -0.25) is 5.43 Å². The summed E-state index contributed by atoms with van der Waals surface area (Å²) in [7, 11) is 0. The van der Waals surface area contributed by atoms with Gasteiger partial charge in [-0.15, -0.1) is 0 Å². The second-order valence-corrected chi connectivity index (χ2v) is 4.18. The van der Waals surface area contributed by atoms with E-state index in [4.69, 9.17) is 5.84 Å². The van der Waals surface area contributed by atoms with E-state index in [1.165, 1.54) is 0 Å². The number of rotatable bonds is 3. The van der Waals surface area contributed by atoms with E-state index in [1.54, 1.807) is 0 Å². The topological polar surface area (TPSA) is 96.1 Å². The van der Waals surface area contributed by atoms with Crippen LogP contribution in [0.3, 0.4) is 0 Å². The maximum absolute atomic E-state index is 13.4. The summed E-state index contributed by atoms with van der Waals surface area (Å²) < 4.78 is 13.4. The molecule has 0 aromatic carbocycles. The van der Waals surface area contributed by atoms with Crippen molar-refractivity contribution in [3.05, 3.63) is 12.0 Å². The fraction of sp³-hybridized carbons (Fsp3) is 0.600. The second kappa shape index (κ2) is 5.24. The van der Waals surface area contributed by atoms with Crippen molar-refractivity contribution in [3.8, 4) is 0 Å². The molecule has 0 amide bonds. The van der Waals surface area contributed by atoms with Crippen LogP contribution in [0.2, 0.25) is 0 Å². The van der Waals surface area contributed by atoms with Crippen molar-refractivity contribution >= 4 is 11.8 Å². The van der Waals surface area contributed by atoms with Crippen LogP contribution in [0.4, 0.5) is 16.2 Å². The van der Waals surface area contributed by atoms with Gasteiger partial charge in [-0.2, -0.15) is 4.98 Å². The van der Waals surface area contributed by atoms with Crippen molar-refractivity contribution in [3.63, 3.8) is 0 Å². The summed E-state index contributed by atoms with van der Waals surface area (Å²) in [4.78, 5) is 7.57. The van der Waals surface area contributed by atoms with Gasteiger partial charge in [0.2, 0.25) is 5.95 Å². The standard InChI is InChI=1S/C10H16FN5O/c11-8-5-13-10(16-12)15-9(8)14-6-1-3-7(17)4-2-6/h5-7,17H,1-4,12H2,(H2,13,14,15,16). The van der Waals surface area contributed by atoms with Crippen molar-refractivity contribution in [2.75, 3.05) is 10.7 Å². The Morgan fingerprint density at radius 2 is 2.06 bits per heavy atom. The van der Waals surface area contributed by atoms with Gasteiger partial charge in [0.25, 0.3) is 0 Å². The van der Waals surface area contributed by atoms with E-state index >= 15 is 0 Å². The predicted molar refractivity (Wildman–Crippen MR) is 61.7 cm³/mol. The Hall–Kier alpha value is -1.47. The molecule has 1 fully saturated rings. The highest BCUT2D eigenvalue weighted by atomic mass is 19.1.